The largest absolute Gasteiger partial charge is 0.334 e. The van der Waals surface area contributed by atoms with Crippen molar-refractivity contribution in [1.82, 2.24) is 20.1 Å². The summed E-state index contributed by atoms with van der Waals surface area (Å²) in [6.07, 6.45) is 0. The van der Waals surface area contributed by atoms with Gasteiger partial charge < -0.3 is 10.3 Å². The van der Waals surface area contributed by atoms with Crippen LogP contribution < -0.4 is 11.3 Å². The Labute approximate surface area is 117 Å². The van der Waals surface area contributed by atoms with Crippen LogP contribution in [0.5, 0.6) is 0 Å². The van der Waals surface area contributed by atoms with Gasteiger partial charge in [-0.2, -0.15) is 5.10 Å². The Kier molecular flexibility index (Phi) is 3.99. The van der Waals surface area contributed by atoms with Gasteiger partial charge in [0.25, 0.3) is 5.91 Å². The summed E-state index contributed by atoms with van der Waals surface area (Å²) >= 11 is 0. The van der Waals surface area contributed by atoms with Crippen LogP contribution in [0.2, 0.25) is 0 Å². The second-order valence-corrected chi connectivity index (χ2v) is 4.69. The highest BCUT2D eigenvalue weighted by Crippen LogP contribution is 2.18. The summed E-state index contributed by atoms with van der Waals surface area (Å²) in [6.45, 7) is 4.08. The number of aromatic nitrogens is 3. The molecule has 0 atom stereocenters. The number of anilines is 1. The Hall–Kier alpha value is -2.41. The lowest BCUT2D eigenvalue weighted by Crippen LogP contribution is -2.28. The Morgan fingerprint density at radius 2 is 2.20 bits per heavy atom. The van der Waals surface area contributed by atoms with Crippen molar-refractivity contribution in [2.24, 2.45) is 5.84 Å². The van der Waals surface area contributed by atoms with Crippen LogP contribution in [0, 0.1) is 13.8 Å². The molecule has 0 aliphatic rings. The molecule has 0 saturated heterocycles. The van der Waals surface area contributed by atoms with Crippen molar-refractivity contribution in [1.29, 1.82) is 0 Å². The highest BCUT2D eigenvalue weighted by molar-refractivity contribution is 5.99. The highest BCUT2D eigenvalue weighted by atomic mass is 16.2. The number of nitrogens with one attached hydrogen (secondary N) is 2. The van der Waals surface area contributed by atoms with Gasteiger partial charge >= 0.3 is 0 Å². The van der Waals surface area contributed by atoms with Gasteiger partial charge in [-0.05, 0) is 26.0 Å². The summed E-state index contributed by atoms with van der Waals surface area (Å²) in [4.78, 5) is 18.2. The molecule has 7 heteroatoms. The third-order valence-corrected chi connectivity index (χ3v) is 2.93. The number of H-pyrrole nitrogens is 1. The van der Waals surface area contributed by atoms with Crippen molar-refractivity contribution in [3.8, 4) is 0 Å². The molecule has 0 aliphatic heterocycles. The molecule has 0 saturated carbocycles. The molecular formula is C13H18N6O. The molecular weight excluding hydrogens is 256 g/mol. The Bertz CT molecular complexity index is 621. The van der Waals surface area contributed by atoms with Crippen molar-refractivity contribution in [3.63, 3.8) is 0 Å². The van der Waals surface area contributed by atoms with Crippen molar-refractivity contribution in [2.45, 2.75) is 20.4 Å². The lowest BCUT2D eigenvalue weighted by molar-refractivity contribution is 0.0782. The molecule has 0 bridgehead atoms. The number of nitrogen functional groups attached to an aromatic ring is 1. The minimum Gasteiger partial charge on any atom is -0.334 e. The number of hydrogen-bond donors (Lipinski definition) is 3. The van der Waals surface area contributed by atoms with E-state index >= 15 is 0 Å². The predicted molar refractivity (Wildman–Crippen MR) is 75.9 cm³/mol. The number of amides is 1. The SMILES string of the molecule is Cc1ccc(NN)c(C(=O)N(C)Cc2n[nH]c(C)n2)c1. The van der Waals surface area contributed by atoms with Crippen LogP contribution in [-0.4, -0.2) is 33.0 Å². The van der Waals surface area contributed by atoms with Crippen LogP contribution >= 0.6 is 0 Å². The second kappa shape index (κ2) is 5.70. The van der Waals surface area contributed by atoms with E-state index in [4.69, 9.17) is 5.84 Å². The average Bonchev–Trinajstić information content (AvgIpc) is 2.83. The van der Waals surface area contributed by atoms with Crippen molar-refractivity contribution >= 4 is 11.6 Å². The zero-order valence-corrected chi connectivity index (χ0v) is 11.8. The molecule has 1 heterocycles. The normalized spacial score (nSPS) is 10.4. The first-order chi connectivity index (χ1) is 9.51. The van der Waals surface area contributed by atoms with Crippen LogP contribution in [-0.2, 0) is 6.54 Å². The number of hydrogen-bond acceptors (Lipinski definition) is 5. The van der Waals surface area contributed by atoms with Crippen molar-refractivity contribution in [3.05, 3.63) is 41.0 Å². The molecule has 0 spiro atoms. The molecule has 0 unspecified atom stereocenters. The first-order valence-electron chi connectivity index (χ1n) is 6.22. The van der Waals surface area contributed by atoms with Gasteiger partial charge in [0.15, 0.2) is 5.82 Å². The maximum absolute atomic E-state index is 12.5. The number of hydrazine groups is 1. The first-order valence-corrected chi connectivity index (χ1v) is 6.22. The predicted octanol–water partition coefficient (Wildman–Crippen LogP) is 0.979. The van der Waals surface area contributed by atoms with E-state index in [0.717, 1.165) is 11.4 Å². The Morgan fingerprint density at radius 1 is 1.45 bits per heavy atom. The van der Waals surface area contributed by atoms with Gasteiger partial charge in [0.2, 0.25) is 0 Å². The third-order valence-electron chi connectivity index (χ3n) is 2.93. The number of aryl methyl sites for hydroxylation is 2. The summed E-state index contributed by atoms with van der Waals surface area (Å²) in [6, 6.07) is 5.48. The number of rotatable bonds is 4. The summed E-state index contributed by atoms with van der Waals surface area (Å²) in [5, 5.41) is 6.77. The number of benzene rings is 1. The van der Waals surface area contributed by atoms with Crippen LogP contribution in [0.15, 0.2) is 18.2 Å². The molecule has 20 heavy (non-hydrogen) atoms. The maximum atomic E-state index is 12.5. The van der Waals surface area contributed by atoms with E-state index < -0.39 is 0 Å². The smallest absolute Gasteiger partial charge is 0.256 e. The second-order valence-electron chi connectivity index (χ2n) is 4.69. The quantitative estimate of drug-likeness (QED) is 0.570. The van der Waals surface area contributed by atoms with Crippen LogP contribution in [0.1, 0.15) is 27.6 Å². The minimum atomic E-state index is -0.135. The van der Waals surface area contributed by atoms with Gasteiger partial charge in [-0.25, -0.2) is 4.98 Å². The minimum absolute atomic E-state index is 0.135. The average molecular weight is 274 g/mol. The lowest BCUT2D eigenvalue weighted by Gasteiger charge is -2.17. The lowest BCUT2D eigenvalue weighted by atomic mass is 10.1. The molecule has 0 radical (unpaired) electrons. The van der Waals surface area contributed by atoms with E-state index in [1.807, 2.05) is 19.9 Å². The Balaban J connectivity index is 2.20. The number of aromatic amines is 1. The van der Waals surface area contributed by atoms with Crippen molar-refractivity contribution < 1.29 is 4.79 Å². The van der Waals surface area contributed by atoms with Gasteiger partial charge in [-0.15, -0.1) is 0 Å². The van der Waals surface area contributed by atoms with Gasteiger partial charge in [0.05, 0.1) is 17.8 Å². The van der Waals surface area contributed by atoms with E-state index in [2.05, 4.69) is 20.6 Å². The number of carbonyl (C=O) groups is 1. The van der Waals surface area contributed by atoms with E-state index in [-0.39, 0.29) is 5.91 Å². The fourth-order valence-electron chi connectivity index (χ4n) is 1.91. The number of carbonyl (C=O) groups excluding carboxylic acids is 1. The molecule has 7 nitrogen and oxygen atoms in total. The topological polar surface area (TPSA) is 99.9 Å². The highest BCUT2D eigenvalue weighted by Gasteiger charge is 2.17. The molecule has 0 fully saturated rings. The van der Waals surface area contributed by atoms with E-state index in [9.17, 15) is 4.79 Å². The molecule has 4 N–H and O–H groups in total. The van der Waals surface area contributed by atoms with Crippen LogP contribution in [0.25, 0.3) is 0 Å². The fourth-order valence-corrected chi connectivity index (χ4v) is 1.91. The zero-order valence-electron chi connectivity index (χ0n) is 11.8. The van der Waals surface area contributed by atoms with E-state index in [0.29, 0.717) is 23.6 Å². The van der Waals surface area contributed by atoms with E-state index in [1.54, 1.807) is 24.1 Å². The van der Waals surface area contributed by atoms with Crippen LogP contribution in [0.4, 0.5) is 5.69 Å². The van der Waals surface area contributed by atoms with Crippen molar-refractivity contribution in [2.75, 3.05) is 12.5 Å². The van der Waals surface area contributed by atoms with E-state index in [1.165, 1.54) is 0 Å². The standard InChI is InChI=1S/C13H18N6O/c1-8-4-5-11(16-14)10(6-8)13(20)19(3)7-12-15-9(2)17-18-12/h4-6,16H,7,14H2,1-3H3,(H,15,17,18). The van der Waals surface area contributed by atoms with Gasteiger partial charge in [-0.3, -0.25) is 15.7 Å². The monoisotopic (exact) mass is 274 g/mol. The van der Waals surface area contributed by atoms with Gasteiger partial charge in [0, 0.05) is 7.05 Å². The summed E-state index contributed by atoms with van der Waals surface area (Å²) in [5.74, 6) is 6.61. The molecule has 1 aromatic carbocycles. The summed E-state index contributed by atoms with van der Waals surface area (Å²) < 4.78 is 0. The summed E-state index contributed by atoms with van der Waals surface area (Å²) in [5.41, 5.74) is 4.66. The zero-order chi connectivity index (χ0) is 14.7. The molecule has 106 valence electrons. The maximum Gasteiger partial charge on any atom is 0.256 e. The number of nitrogens with two attached hydrogens (primary N) is 1. The molecule has 2 aromatic rings. The fraction of sp³-hybridized carbons (Fsp3) is 0.308. The first kappa shape index (κ1) is 14.0. The molecule has 1 amide bonds. The van der Waals surface area contributed by atoms with Crippen LogP contribution in [0.3, 0.4) is 0 Å². The molecule has 2 rings (SSSR count). The van der Waals surface area contributed by atoms with Gasteiger partial charge in [-0.1, -0.05) is 11.6 Å². The molecule has 1 aromatic heterocycles. The summed E-state index contributed by atoms with van der Waals surface area (Å²) in [7, 11) is 1.71. The molecule has 0 aliphatic carbocycles. The van der Waals surface area contributed by atoms with Gasteiger partial charge in [0.1, 0.15) is 5.82 Å². The third kappa shape index (κ3) is 2.94. The number of nitrogens with zero attached hydrogens (tertiary/aromatic N) is 3. The Morgan fingerprint density at radius 3 is 2.80 bits per heavy atom.